The van der Waals surface area contributed by atoms with Crippen molar-refractivity contribution in [2.75, 3.05) is 7.05 Å². The smallest absolute Gasteiger partial charge is 0.0412 e. The summed E-state index contributed by atoms with van der Waals surface area (Å²) in [6.45, 7) is 4.33. The van der Waals surface area contributed by atoms with Crippen LogP contribution in [-0.4, -0.2) is 13.1 Å². The van der Waals surface area contributed by atoms with Gasteiger partial charge in [0.25, 0.3) is 0 Å². The predicted octanol–water partition coefficient (Wildman–Crippen LogP) is 4.86. The molecule has 0 fully saturated rings. The van der Waals surface area contributed by atoms with E-state index in [1.165, 1.54) is 22.3 Å². The Morgan fingerprint density at radius 1 is 1.10 bits per heavy atom. The average molecular weight is 288 g/mol. The summed E-state index contributed by atoms with van der Waals surface area (Å²) in [5, 5.41) is 4.06. The zero-order valence-corrected chi connectivity index (χ0v) is 13.2. The SMILES string of the molecule is CNC(C)CCc1ccc(-c2cc(Cl)ccc2C)cc1. The molecular weight excluding hydrogens is 266 g/mol. The first kappa shape index (κ1) is 15.1. The van der Waals surface area contributed by atoms with E-state index in [0.29, 0.717) is 6.04 Å². The van der Waals surface area contributed by atoms with Crippen LogP contribution in [0, 0.1) is 6.92 Å². The van der Waals surface area contributed by atoms with Crippen molar-refractivity contribution >= 4 is 11.6 Å². The van der Waals surface area contributed by atoms with E-state index in [2.05, 4.69) is 49.5 Å². The van der Waals surface area contributed by atoms with Gasteiger partial charge in [0.1, 0.15) is 0 Å². The second-order valence-electron chi connectivity index (χ2n) is 5.38. The zero-order chi connectivity index (χ0) is 14.5. The minimum absolute atomic E-state index is 0.560. The fourth-order valence-electron chi connectivity index (χ4n) is 2.28. The second kappa shape index (κ2) is 6.92. The van der Waals surface area contributed by atoms with Gasteiger partial charge in [0.05, 0.1) is 0 Å². The quantitative estimate of drug-likeness (QED) is 0.828. The second-order valence-corrected chi connectivity index (χ2v) is 5.82. The molecule has 0 saturated carbocycles. The van der Waals surface area contributed by atoms with Gasteiger partial charge in [0.15, 0.2) is 0 Å². The van der Waals surface area contributed by atoms with Gasteiger partial charge in [-0.25, -0.2) is 0 Å². The lowest BCUT2D eigenvalue weighted by atomic mass is 9.98. The van der Waals surface area contributed by atoms with Crippen LogP contribution < -0.4 is 5.32 Å². The largest absolute Gasteiger partial charge is 0.317 e. The lowest BCUT2D eigenvalue weighted by Crippen LogP contribution is -2.21. The number of hydrogen-bond donors (Lipinski definition) is 1. The monoisotopic (exact) mass is 287 g/mol. The van der Waals surface area contributed by atoms with Gasteiger partial charge in [-0.15, -0.1) is 0 Å². The minimum atomic E-state index is 0.560. The fraction of sp³-hybridized carbons (Fsp3) is 0.333. The van der Waals surface area contributed by atoms with Crippen molar-refractivity contribution in [3.63, 3.8) is 0 Å². The highest BCUT2D eigenvalue weighted by Crippen LogP contribution is 2.27. The highest BCUT2D eigenvalue weighted by atomic mass is 35.5. The van der Waals surface area contributed by atoms with Gasteiger partial charge >= 0.3 is 0 Å². The van der Waals surface area contributed by atoms with Gasteiger partial charge in [-0.3, -0.25) is 0 Å². The summed E-state index contributed by atoms with van der Waals surface area (Å²) in [6.07, 6.45) is 2.27. The Hall–Kier alpha value is -1.31. The molecular formula is C18H22ClN. The topological polar surface area (TPSA) is 12.0 Å². The molecule has 0 amide bonds. The number of rotatable bonds is 5. The van der Waals surface area contributed by atoms with Crippen molar-refractivity contribution in [1.82, 2.24) is 5.32 Å². The fourth-order valence-corrected chi connectivity index (χ4v) is 2.46. The first-order valence-corrected chi connectivity index (χ1v) is 7.50. The highest BCUT2D eigenvalue weighted by molar-refractivity contribution is 6.30. The van der Waals surface area contributed by atoms with Crippen LogP contribution in [0.1, 0.15) is 24.5 Å². The Balaban J connectivity index is 2.13. The van der Waals surface area contributed by atoms with E-state index in [1.807, 2.05) is 19.2 Å². The summed E-state index contributed by atoms with van der Waals surface area (Å²) >= 11 is 6.09. The summed E-state index contributed by atoms with van der Waals surface area (Å²) in [7, 11) is 2.01. The molecule has 1 atom stereocenters. The summed E-state index contributed by atoms with van der Waals surface area (Å²) in [5.74, 6) is 0. The maximum atomic E-state index is 6.09. The van der Waals surface area contributed by atoms with E-state index in [0.717, 1.165) is 17.9 Å². The molecule has 2 aromatic carbocycles. The molecule has 1 unspecified atom stereocenters. The molecule has 106 valence electrons. The van der Waals surface area contributed by atoms with Crippen LogP contribution in [0.3, 0.4) is 0 Å². The van der Waals surface area contributed by atoms with Crippen LogP contribution in [-0.2, 0) is 6.42 Å². The van der Waals surface area contributed by atoms with Gasteiger partial charge in [0, 0.05) is 11.1 Å². The van der Waals surface area contributed by atoms with Gasteiger partial charge in [-0.1, -0.05) is 41.9 Å². The molecule has 0 bridgehead atoms. The van der Waals surface area contributed by atoms with Crippen molar-refractivity contribution in [1.29, 1.82) is 0 Å². The van der Waals surface area contributed by atoms with E-state index in [-0.39, 0.29) is 0 Å². The molecule has 0 saturated heterocycles. The van der Waals surface area contributed by atoms with E-state index in [4.69, 9.17) is 11.6 Å². The molecule has 1 N–H and O–H groups in total. The van der Waals surface area contributed by atoms with Crippen LogP contribution in [0.15, 0.2) is 42.5 Å². The van der Waals surface area contributed by atoms with Crippen molar-refractivity contribution in [2.24, 2.45) is 0 Å². The lowest BCUT2D eigenvalue weighted by Gasteiger charge is -2.11. The minimum Gasteiger partial charge on any atom is -0.317 e. The molecule has 2 aromatic rings. The maximum Gasteiger partial charge on any atom is 0.0412 e. The van der Waals surface area contributed by atoms with Gasteiger partial charge in [0.2, 0.25) is 0 Å². The van der Waals surface area contributed by atoms with Crippen LogP contribution in [0.25, 0.3) is 11.1 Å². The maximum absolute atomic E-state index is 6.09. The van der Waals surface area contributed by atoms with E-state index < -0.39 is 0 Å². The summed E-state index contributed by atoms with van der Waals surface area (Å²) < 4.78 is 0. The third-order valence-corrected chi connectivity index (χ3v) is 4.06. The standard InChI is InChI=1S/C18H22ClN/c1-13-4-11-17(19)12-18(13)16-9-7-15(8-10-16)6-5-14(2)20-3/h4,7-12,14,20H,5-6H2,1-3H3. The molecule has 0 heterocycles. The number of benzene rings is 2. The van der Waals surface area contributed by atoms with Crippen LogP contribution >= 0.6 is 11.6 Å². The number of aryl methyl sites for hydroxylation is 2. The summed E-state index contributed by atoms with van der Waals surface area (Å²) in [5.41, 5.74) is 5.09. The summed E-state index contributed by atoms with van der Waals surface area (Å²) in [4.78, 5) is 0. The molecule has 0 spiro atoms. The van der Waals surface area contributed by atoms with Crippen LogP contribution in [0.4, 0.5) is 0 Å². The highest BCUT2D eigenvalue weighted by Gasteiger charge is 2.04. The Morgan fingerprint density at radius 3 is 2.45 bits per heavy atom. The third-order valence-electron chi connectivity index (χ3n) is 3.82. The lowest BCUT2D eigenvalue weighted by molar-refractivity contribution is 0.565. The first-order valence-electron chi connectivity index (χ1n) is 7.13. The van der Waals surface area contributed by atoms with Gasteiger partial charge < -0.3 is 5.32 Å². The number of nitrogens with one attached hydrogen (secondary N) is 1. The number of halogens is 1. The molecule has 2 heteroatoms. The van der Waals surface area contributed by atoms with Gasteiger partial charge in [-0.2, -0.15) is 0 Å². The van der Waals surface area contributed by atoms with Crippen molar-refractivity contribution in [3.05, 3.63) is 58.6 Å². The summed E-state index contributed by atoms with van der Waals surface area (Å²) in [6, 6.07) is 15.4. The van der Waals surface area contributed by atoms with Crippen molar-refractivity contribution in [2.45, 2.75) is 32.7 Å². The van der Waals surface area contributed by atoms with E-state index in [9.17, 15) is 0 Å². The van der Waals surface area contributed by atoms with Crippen molar-refractivity contribution in [3.8, 4) is 11.1 Å². The average Bonchev–Trinajstić information content (AvgIpc) is 2.48. The molecule has 1 nitrogen and oxygen atoms in total. The van der Waals surface area contributed by atoms with E-state index >= 15 is 0 Å². The first-order chi connectivity index (χ1) is 9.60. The Morgan fingerprint density at radius 2 is 1.80 bits per heavy atom. The zero-order valence-electron chi connectivity index (χ0n) is 12.4. The van der Waals surface area contributed by atoms with Crippen molar-refractivity contribution < 1.29 is 0 Å². The molecule has 0 aliphatic rings. The molecule has 2 rings (SSSR count). The molecule has 0 aromatic heterocycles. The predicted molar refractivity (Wildman–Crippen MR) is 88.5 cm³/mol. The Labute approximate surface area is 127 Å². The molecule has 0 aliphatic carbocycles. The third kappa shape index (κ3) is 3.84. The molecule has 0 radical (unpaired) electrons. The molecule has 20 heavy (non-hydrogen) atoms. The Kier molecular flexibility index (Phi) is 5.22. The van der Waals surface area contributed by atoms with Crippen LogP contribution in [0.2, 0.25) is 5.02 Å². The van der Waals surface area contributed by atoms with E-state index in [1.54, 1.807) is 0 Å². The normalized spacial score (nSPS) is 12.4. The Bertz CT molecular complexity index is 560. The molecule has 0 aliphatic heterocycles. The number of hydrogen-bond acceptors (Lipinski definition) is 1. The van der Waals surface area contributed by atoms with Crippen LogP contribution in [0.5, 0.6) is 0 Å². The van der Waals surface area contributed by atoms with Gasteiger partial charge in [-0.05, 0) is 68.1 Å².